The van der Waals surface area contributed by atoms with Gasteiger partial charge in [-0.3, -0.25) is 4.79 Å². The van der Waals surface area contributed by atoms with E-state index >= 15 is 0 Å². The van der Waals surface area contributed by atoms with Crippen LogP contribution in [0.4, 0.5) is 0 Å². The largest absolute Gasteiger partial charge is 0.390 e. The molecule has 82 valence electrons. The monoisotopic (exact) mass is 209 g/mol. The number of nitrogens with one attached hydrogen (secondary N) is 1. The molecule has 1 aliphatic rings. The molecule has 2 rings (SSSR count). The Morgan fingerprint density at radius 1 is 1.67 bits per heavy atom. The van der Waals surface area contributed by atoms with Gasteiger partial charge < -0.3 is 14.8 Å². The quantitative estimate of drug-likeness (QED) is 0.763. The number of hydrogen-bond donors (Lipinski definition) is 2. The van der Waals surface area contributed by atoms with E-state index in [2.05, 4.69) is 4.98 Å². The molecule has 3 atom stereocenters. The van der Waals surface area contributed by atoms with E-state index in [9.17, 15) is 9.90 Å². The number of aliphatic hydroxyl groups excluding tert-OH is 1. The van der Waals surface area contributed by atoms with E-state index in [0.29, 0.717) is 12.0 Å². The molecule has 2 N–H and O–H groups in total. The third-order valence-corrected chi connectivity index (χ3v) is 2.82. The highest BCUT2D eigenvalue weighted by molar-refractivity contribution is 5.14. The maximum Gasteiger partial charge on any atom is 0.253 e. The van der Waals surface area contributed by atoms with Crippen molar-refractivity contribution in [3.8, 4) is 0 Å². The number of rotatable bonds is 2. The smallest absolute Gasteiger partial charge is 0.253 e. The number of ether oxygens (including phenoxy) is 1. The molecule has 0 amide bonds. The number of aromatic amines is 1. The third kappa shape index (κ3) is 1.96. The molecule has 0 aliphatic carbocycles. The van der Waals surface area contributed by atoms with E-state index < -0.39 is 6.10 Å². The molecule has 1 unspecified atom stereocenters. The first kappa shape index (κ1) is 10.4. The van der Waals surface area contributed by atoms with Crippen LogP contribution in [-0.4, -0.2) is 22.3 Å². The first-order valence-corrected chi connectivity index (χ1v) is 5.23. The summed E-state index contributed by atoms with van der Waals surface area (Å²) in [6.45, 7) is 1.96. The number of hydrogen-bond acceptors (Lipinski definition) is 3. The van der Waals surface area contributed by atoms with Gasteiger partial charge in [-0.1, -0.05) is 6.92 Å². The van der Waals surface area contributed by atoms with Crippen molar-refractivity contribution in [2.45, 2.75) is 38.1 Å². The summed E-state index contributed by atoms with van der Waals surface area (Å²) in [6, 6.07) is 3.51. The summed E-state index contributed by atoms with van der Waals surface area (Å²) in [4.78, 5) is 14.1. The minimum atomic E-state index is -0.459. The SMILES string of the molecule is CC[C@H]1O[C@@H](c2ccc[nH]c2=O)CC1O. The van der Waals surface area contributed by atoms with Crippen molar-refractivity contribution in [2.75, 3.05) is 0 Å². The molecule has 0 saturated carbocycles. The normalized spacial score (nSPS) is 30.7. The van der Waals surface area contributed by atoms with Crippen molar-refractivity contribution in [1.29, 1.82) is 0 Å². The zero-order valence-electron chi connectivity index (χ0n) is 8.64. The number of H-pyrrole nitrogens is 1. The second-order valence-corrected chi connectivity index (χ2v) is 3.83. The van der Waals surface area contributed by atoms with Crippen molar-refractivity contribution in [2.24, 2.45) is 0 Å². The Balaban J connectivity index is 2.21. The van der Waals surface area contributed by atoms with Crippen molar-refractivity contribution in [3.63, 3.8) is 0 Å². The van der Waals surface area contributed by atoms with Gasteiger partial charge in [0.2, 0.25) is 0 Å². The predicted molar refractivity (Wildman–Crippen MR) is 55.6 cm³/mol. The van der Waals surface area contributed by atoms with Crippen molar-refractivity contribution in [3.05, 3.63) is 34.2 Å². The lowest BCUT2D eigenvalue weighted by Gasteiger charge is -2.11. The number of pyridine rings is 1. The first-order valence-electron chi connectivity index (χ1n) is 5.23. The molecule has 2 heterocycles. The lowest BCUT2D eigenvalue weighted by Crippen LogP contribution is -2.19. The van der Waals surface area contributed by atoms with E-state index in [1.165, 1.54) is 0 Å². The van der Waals surface area contributed by atoms with E-state index in [0.717, 1.165) is 6.42 Å². The summed E-state index contributed by atoms with van der Waals surface area (Å²) in [6.07, 6.45) is 1.99. The van der Waals surface area contributed by atoms with Gasteiger partial charge in [0, 0.05) is 18.2 Å². The Morgan fingerprint density at radius 2 is 2.47 bits per heavy atom. The molecule has 4 nitrogen and oxygen atoms in total. The highest BCUT2D eigenvalue weighted by Gasteiger charge is 2.34. The van der Waals surface area contributed by atoms with Crippen LogP contribution in [0.5, 0.6) is 0 Å². The average molecular weight is 209 g/mol. The Labute approximate surface area is 87.9 Å². The summed E-state index contributed by atoms with van der Waals surface area (Å²) in [5.41, 5.74) is 0.471. The molecule has 0 bridgehead atoms. The van der Waals surface area contributed by atoms with Crippen LogP contribution in [0.25, 0.3) is 0 Å². The van der Waals surface area contributed by atoms with Crippen molar-refractivity contribution >= 4 is 0 Å². The van der Waals surface area contributed by atoms with Gasteiger partial charge in [0.25, 0.3) is 5.56 Å². The average Bonchev–Trinajstić information content (AvgIpc) is 2.60. The molecule has 1 aromatic heterocycles. The van der Waals surface area contributed by atoms with Gasteiger partial charge in [-0.2, -0.15) is 0 Å². The van der Waals surface area contributed by atoms with Crippen LogP contribution in [0.3, 0.4) is 0 Å². The molecule has 1 aliphatic heterocycles. The van der Waals surface area contributed by atoms with Gasteiger partial charge in [-0.15, -0.1) is 0 Å². The summed E-state index contributed by atoms with van der Waals surface area (Å²) < 4.78 is 5.62. The highest BCUT2D eigenvalue weighted by atomic mass is 16.5. The van der Waals surface area contributed by atoms with Crippen LogP contribution < -0.4 is 5.56 Å². The number of aliphatic hydroxyl groups is 1. The van der Waals surface area contributed by atoms with Crippen LogP contribution in [0.2, 0.25) is 0 Å². The van der Waals surface area contributed by atoms with E-state index in [1.807, 2.05) is 6.92 Å². The van der Waals surface area contributed by atoms with Crippen LogP contribution >= 0.6 is 0 Å². The lowest BCUT2D eigenvalue weighted by molar-refractivity contribution is 0.00735. The molecule has 0 spiro atoms. The van der Waals surface area contributed by atoms with Crippen LogP contribution in [0.1, 0.15) is 31.4 Å². The molecule has 0 radical (unpaired) electrons. The Morgan fingerprint density at radius 3 is 3.07 bits per heavy atom. The molecular weight excluding hydrogens is 194 g/mol. The van der Waals surface area contributed by atoms with Crippen LogP contribution in [0.15, 0.2) is 23.1 Å². The molecular formula is C11H15NO3. The van der Waals surface area contributed by atoms with E-state index in [1.54, 1.807) is 18.3 Å². The summed E-state index contributed by atoms with van der Waals surface area (Å²) in [7, 11) is 0. The first-order chi connectivity index (χ1) is 7.22. The number of aromatic nitrogens is 1. The summed E-state index contributed by atoms with van der Waals surface area (Å²) in [5, 5.41) is 9.67. The zero-order valence-corrected chi connectivity index (χ0v) is 8.64. The highest BCUT2D eigenvalue weighted by Crippen LogP contribution is 2.32. The second kappa shape index (κ2) is 4.16. The zero-order chi connectivity index (χ0) is 10.8. The van der Waals surface area contributed by atoms with Crippen LogP contribution in [0, 0.1) is 0 Å². The maximum atomic E-state index is 11.5. The fourth-order valence-corrected chi connectivity index (χ4v) is 1.99. The molecule has 1 aromatic rings. The molecule has 4 heteroatoms. The van der Waals surface area contributed by atoms with Crippen LogP contribution in [-0.2, 0) is 4.74 Å². The minimum Gasteiger partial charge on any atom is -0.390 e. The minimum absolute atomic E-state index is 0.133. The standard InChI is InChI=1S/C11H15NO3/c1-2-9-8(13)6-10(15-9)7-4-3-5-12-11(7)14/h3-5,8-10,13H,2,6H2,1H3,(H,12,14)/t8?,9-,10-/m1/s1. The molecule has 15 heavy (non-hydrogen) atoms. The van der Waals surface area contributed by atoms with Gasteiger partial charge in [-0.25, -0.2) is 0 Å². The van der Waals surface area contributed by atoms with Gasteiger partial charge >= 0.3 is 0 Å². The fourth-order valence-electron chi connectivity index (χ4n) is 1.99. The van der Waals surface area contributed by atoms with E-state index in [-0.39, 0.29) is 17.8 Å². The third-order valence-electron chi connectivity index (χ3n) is 2.82. The second-order valence-electron chi connectivity index (χ2n) is 3.83. The lowest BCUT2D eigenvalue weighted by atomic mass is 10.1. The fraction of sp³-hybridized carbons (Fsp3) is 0.545. The molecule has 1 fully saturated rings. The Kier molecular flexibility index (Phi) is 2.88. The predicted octanol–water partition coefficient (Wildman–Crippen LogP) is 0.976. The Bertz CT molecular complexity index is 387. The summed E-state index contributed by atoms with van der Waals surface area (Å²) >= 11 is 0. The van der Waals surface area contributed by atoms with Gasteiger partial charge in [0.15, 0.2) is 0 Å². The topological polar surface area (TPSA) is 62.3 Å². The molecule has 0 aromatic carbocycles. The van der Waals surface area contributed by atoms with Gasteiger partial charge in [0.05, 0.1) is 18.3 Å². The molecule has 1 saturated heterocycles. The maximum absolute atomic E-state index is 11.5. The summed E-state index contributed by atoms with van der Waals surface area (Å²) in [5.74, 6) is 0. The van der Waals surface area contributed by atoms with Gasteiger partial charge in [-0.05, 0) is 18.6 Å². The van der Waals surface area contributed by atoms with Crippen molar-refractivity contribution in [1.82, 2.24) is 4.98 Å². The van der Waals surface area contributed by atoms with E-state index in [4.69, 9.17) is 4.74 Å². The Hall–Kier alpha value is -1.13. The van der Waals surface area contributed by atoms with Gasteiger partial charge in [0.1, 0.15) is 0 Å². The van der Waals surface area contributed by atoms with Crippen molar-refractivity contribution < 1.29 is 9.84 Å².